The number of anilines is 1. The minimum atomic E-state index is -0.129. The number of fused-ring (bicyclic) bond motifs is 1. The zero-order valence-electron chi connectivity index (χ0n) is 17.2. The molecule has 0 unspecified atom stereocenters. The number of ether oxygens (including phenoxy) is 2. The van der Waals surface area contributed by atoms with Crippen molar-refractivity contribution in [3.05, 3.63) is 67.0 Å². The van der Waals surface area contributed by atoms with Gasteiger partial charge >= 0.3 is 0 Å². The standard InChI is InChI=1S/C23H22N4O3S/c1-3-30-21-7-5-4-6-18(21)25-22(28)15-31-23-20-14-19(26-27(20)13-12-24-23)16-8-10-17(29-2)11-9-16/h4-14H,3,15H2,1-2H3,(H,25,28). The van der Waals surface area contributed by atoms with E-state index in [2.05, 4.69) is 15.4 Å². The van der Waals surface area contributed by atoms with Crippen LogP contribution in [0.5, 0.6) is 11.5 Å². The van der Waals surface area contributed by atoms with E-state index >= 15 is 0 Å². The molecule has 0 saturated heterocycles. The van der Waals surface area contributed by atoms with Crippen LogP contribution in [0, 0.1) is 0 Å². The maximum atomic E-state index is 12.5. The van der Waals surface area contributed by atoms with Gasteiger partial charge in [0.15, 0.2) is 0 Å². The van der Waals surface area contributed by atoms with Crippen molar-refractivity contribution < 1.29 is 14.3 Å². The van der Waals surface area contributed by atoms with Crippen molar-refractivity contribution in [2.24, 2.45) is 0 Å². The second-order valence-electron chi connectivity index (χ2n) is 6.59. The van der Waals surface area contributed by atoms with Gasteiger partial charge in [0.2, 0.25) is 5.91 Å². The summed E-state index contributed by atoms with van der Waals surface area (Å²) in [5, 5.41) is 8.28. The molecule has 8 heteroatoms. The van der Waals surface area contributed by atoms with E-state index in [0.717, 1.165) is 27.5 Å². The monoisotopic (exact) mass is 434 g/mol. The van der Waals surface area contributed by atoms with Crippen LogP contribution in [0.15, 0.2) is 72.0 Å². The summed E-state index contributed by atoms with van der Waals surface area (Å²) in [4.78, 5) is 17.0. The first-order valence-corrected chi connectivity index (χ1v) is 10.8. The molecule has 0 aliphatic rings. The molecule has 0 aliphatic heterocycles. The summed E-state index contributed by atoms with van der Waals surface area (Å²) in [6.07, 6.45) is 3.48. The highest BCUT2D eigenvalue weighted by Gasteiger charge is 2.13. The molecule has 2 aromatic heterocycles. The Kier molecular flexibility index (Phi) is 6.37. The average molecular weight is 435 g/mol. The smallest absolute Gasteiger partial charge is 0.234 e. The number of aromatic nitrogens is 3. The second kappa shape index (κ2) is 9.53. The Morgan fingerprint density at radius 2 is 1.97 bits per heavy atom. The first-order valence-electron chi connectivity index (χ1n) is 9.81. The average Bonchev–Trinajstić information content (AvgIpc) is 3.24. The fourth-order valence-corrected chi connectivity index (χ4v) is 3.86. The van der Waals surface area contributed by atoms with E-state index < -0.39 is 0 Å². The van der Waals surface area contributed by atoms with Gasteiger partial charge in [-0.05, 0) is 49.4 Å². The highest BCUT2D eigenvalue weighted by molar-refractivity contribution is 8.00. The molecule has 4 aromatic rings. The van der Waals surface area contributed by atoms with Crippen LogP contribution in [-0.2, 0) is 4.79 Å². The minimum Gasteiger partial charge on any atom is -0.497 e. The van der Waals surface area contributed by atoms with E-state index in [1.807, 2.05) is 61.5 Å². The quantitative estimate of drug-likeness (QED) is 0.411. The number of carbonyl (C=O) groups is 1. The summed E-state index contributed by atoms with van der Waals surface area (Å²) < 4.78 is 12.6. The molecule has 0 bridgehead atoms. The predicted octanol–water partition coefficient (Wildman–Crippen LogP) is 4.53. The maximum absolute atomic E-state index is 12.5. The normalized spacial score (nSPS) is 10.8. The molecule has 2 aromatic carbocycles. The molecule has 0 atom stereocenters. The summed E-state index contributed by atoms with van der Waals surface area (Å²) in [5.41, 5.74) is 3.31. The molecule has 0 aliphatic carbocycles. The lowest BCUT2D eigenvalue weighted by atomic mass is 10.1. The molecular formula is C23H22N4O3S. The molecule has 0 radical (unpaired) electrons. The zero-order chi connectivity index (χ0) is 21.6. The fraction of sp³-hybridized carbons (Fsp3) is 0.174. The lowest BCUT2D eigenvalue weighted by Gasteiger charge is -2.11. The number of carbonyl (C=O) groups excluding carboxylic acids is 1. The Balaban J connectivity index is 1.48. The Morgan fingerprint density at radius 3 is 2.74 bits per heavy atom. The molecule has 2 heterocycles. The molecule has 31 heavy (non-hydrogen) atoms. The van der Waals surface area contributed by atoms with E-state index in [-0.39, 0.29) is 11.7 Å². The van der Waals surface area contributed by atoms with Crippen molar-refractivity contribution in [3.63, 3.8) is 0 Å². The summed E-state index contributed by atoms with van der Waals surface area (Å²) in [5.74, 6) is 1.54. The number of hydrogen-bond acceptors (Lipinski definition) is 6. The van der Waals surface area contributed by atoms with E-state index in [1.54, 1.807) is 24.0 Å². The number of rotatable bonds is 8. The SMILES string of the molecule is CCOc1ccccc1NC(=O)CSc1nccn2nc(-c3ccc(OC)cc3)cc12. The van der Waals surface area contributed by atoms with Gasteiger partial charge in [-0.1, -0.05) is 23.9 Å². The summed E-state index contributed by atoms with van der Waals surface area (Å²) in [6.45, 7) is 2.44. The highest BCUT2D eigenvalue weighted by Crippen LogP contribution is 2.28. The predicted molar refractivity (Wildman–Crippen MR) is 122 cm³/mol. The number of thioether (sulfide) groups is 1. The molecule has 0 saturated carbocycles. The van der Waals surface area contributed by atoms with Gasteiger partial charge in [0.1, 0.15) is 16.5 Å². The van der Waals surface area contributed by atoms with Crippen molar-refractivity contribution in [1.29, 1.82) is 0 Å². The van der Waals surface area contributed by atoms with Crippen LogP contribution in [0.4, 0.5) is 5.69 Å². The fourth-order valence-electron chi connectivity index (χ4n) is 3.08. The lowest BCUT2D eigenvalue weighted by Crippen LogP contribution is -2.15. The molecule has 4 rings (SSSR count). The largest absolute Gasteiger partial charge is 0.497 e. The second-order valence-corrected chi connectivity index (χ2v) is 7.55. The number of benzene rings is 2. The zero-order valence-corrected chi connectivity index (χ0v) is 18.1. The Bertz CT molecular complexity index is 1190. The molecule has 1 N–H and O–H groups in total. The van der Waals surface area contributed by atoms with Gasteiger partial charge in [-0.2, -0.15) is 5.10 Å². The van der Waals surface area contributed by atoms with Gasteiger partial charge < -0.3 is 14.8 Å². The molecule has 0 spiro atoms. The molecule has 7 nitrogen and oxygen atoms in total. The van der Waals surface area contributed by atoms with Crippen LogP contribution in [-0.4, -0.2) is 40.0 Å². The van der Waals surface area contributed by atoms with Crippen molar-refractivity contribution in [2.75, 3.05) is 24.8 Å². The van der Waals surface area contributed by atoms with Gasteiger partial charge in [-0.3, -0.25) is 4.79 Å². The van der Waals surface area contributed by atoms with Gasteiger partial charge in [0.25, 0.3) is 0 Å². The van der Waals surface area contributed by atoms with E-state index in [1.165, 1.54) is 11.8 Å². The first-order chi connectivity index (χ1) is 15.2. The van der Waals surface area contributed by atoms with Gasteiger partial charge in [0, 0.05) is 18.0 Å². The number of nitrogens with one attached hydrogen (secondary N) is 1. The van der Waals surface area contributed by atoms with E-state index in [9.17, 15) is 4.79 Å². The number of hydrogen-bond donors (Lipinski definition) is 1. The summed E-state index contributed by atoms with van der Waals surface area (Å²) in [6, 6.07) is 17.1. The van der Waals surface area contributed by atoms with Crippen LogP contribution in [0.25, 0.3) is 16.8 Å². The Labute approximate surface area is 184 Å². The van der Waals surface area contributed by atoms with Gasteiger partial charge in [-0.15, -0.1) is 0 Å². The third kappa shape index (κ3) is 4.80. The van der Waals surface area contributed by atoms with E-state index in [4.69, 9.17) is 9.47 Å². The molecule has 0 fully saturated rings. The van der Waals surface area contributed by atoms with Crippen LogP contribution in [0.1, 0.15) is 6.92 Å². The number of para-hydroxylation sites is 2. The number of amides is 1. The third-order valence-corrected chi connectivity index (χ3v) is 5.54. The molecule has 158 valence electrons. The van der Waals surface area contributed by atoms with Crippen molar-refractivity contribution in [1.82, 2.24) is 14.6 Å². The maximum Gasteiger partial charge on any atom is 0.234 e. The van der Waals surface area contributed by atoms with Crippen LogP contribution in [0.3, 0.4) is 0 Å². The first kappa shape index (κ1) is 20.7. The van der Waals surface area contributed by atoms with Crippen LogP contribution >= 0.6 is 11.8 Å². The minimum absolute atomic E-state index is 0.129. The van der Waals surface area contributed by atoms with Gasteiger partial charge in [-0.25, -0.2) is 9.50 Å². The van der Waals surface area contributed by atoms with Crippen LogP contribution in [0.2, 0.25) is 0 Å². The Hall–Kier alpha value is -3.52. The van der Waals surface area contributed by atoms with Crippen molar-refractivity contribution in [3.8, 4) is 22.8 Å². The molecule has 1 amide bonds. The van der Waals surface area contributed by atoms with Crippen molar-refractivity contribution in [2.45, 2.75) is 11.9 Å². The topological polar surface area (TPSA) is 77.8 Å². The van der Waals surface area contributed by atoms with Crippen molar-refractivity contribution >= 4 is 28.9 Å². The van der Waals surface area contributed by atoms with Crippen LogP contribution < -0.4 is 14.8 Å². The number of nitrogens with zero attached hydrogens (tertiary/aromatic N) is 3. The highest BCUT2D eigenvalue weighted by atomic mass is 32.2. The van der Waals surface area contributed by atoms with Gasteiger partial charge in [0.05, 0.1) is 36.4 Å². The molecular weight excluding hydrogens is 412 g/mol. The lowest BCUT2D eigenvalue weighted by molar-refractivity contribution is -0.113. The summed E-state index contributed by atoms with van der Waals surface area (Å²) >= 11 is 1.37. The van der Waals surface area contributed by atoms with E-state index in [0.29, 0.717) is 18.0 Å². The third-order valence-electron chi connectivity index (χ3n) is 4.54. The number of methoxy groups -OCH3 is 1. The summed E-state index contributed by atoms with van der Waals surface area (Å²) in [7, 11) is 1.64. The Morgan fingerprint density at radius 1 is 1.16 bits per heavy atom.